The van der Waals surface area contributed by atoms with Crippen molar-refractivity contribution in [3.63, 3.8) is 0 Å². The third-order valence-electron chi connectivity index (χ3n) is 2.56. The zero-order valence-corrected chi connectivity index (χ0v) is 11.2. The van der Waals surface area contributed by atoms with Gasteiger partial charge in [0.2, 0.25) is 0 Å². The van der Waals surface area contributed by atoms with Crippen LogP contribution in [0.4, 0.5) is 0 Å². The fourth-order valence-electron chi connectivity index (χ4n) is 1.64. The van der Waals surface area contributed by atoms with Crippen LogP contribution in [0.5, 0.6) is 5.75 Å². The number of likely N-dealkylation sites (N-methyl/N-ethyl adjacent to an activating group) is 1. The highest BCUT2D eigenvalue weighted by Gasteiger charge is 2.28. The van der Waals surface area contributed by atoms with E-state index in [1.54, 1.807) is 18.2 Å². The minimum Gasteiger partial charge on any atom is -0.506 e. The molecule has 1 aromatic rings. The van der Waals surface area contributed by atoms with Gasteiger partial charge in [0.1, 0.15) is 11.4 Å². The van der Waals surface area contributed by atoms with E-state index in [0.29, 0.717) is 17.4 Å². The Morgan fingerprint density at radius 1 is 1.56 bits per heavy atom. The van der Waals surface area contributed by atoms with Gasteiger partial charge in [-0.25, -0.2) is 0 Å². The van der Waals surface area contributed by atoms with Gasteiger partial charge in [-0.1, -0.05) is 17.7 Å². The van der Waals surface area contributed by atoms with Crippen LogP contribution in [0.15, 0.2) is 23.9 Å². The van der Waals surface area contributed by atoms with Gasteiger partial charge in [0.25, 0.3) is 5.91 Å². The average Bonchev–Trinajstić information content (AvgIpc) is 2.59. The van der Waals surface area contributed by atoms with E-state index in [-0.39, 0.29) is 16.7 Å². The molecule has 94 valence electrons. The van der Waals surface area contributed by atoms with Crippen LogP contribution >= 0.6 is 23.8 Å². The van der Waals surface area contributed by atoms with E-state index in [2.05, 4.69) is 5.32 Å². The van der Waals surface area contributed by atoms with Gasteiger partial charge >= 0.3 is 0 Å². The number of amides is 1. The number of hydrogen-bond donors (Lipinski definition) is 2. The zero-order valence-electron chi connectivity index (χ0n) is 9.61. The van der Waals surface area contributed by atoms with Crippen LogP contribution in [0, 0.1) is 0 Å². The first kappa shape index (κ1) is 12.9. The maximum atomic E-state index is 11.9. The van der Waals surface area contributed by atoms with Crippen LogP contribution in [-0.2, 0) is 4.79 Å². The normalized spacial score (nSPS) is 17.4. The molecule has 0 aromatic heterocycles. The molecule has 2 N–H and O–H groups in total. The molecule has 1 saturated heterocycles. The van der Waals surface area contributed by atoms with Crippen molar-refractivity contribution in [2.24, 2.45) is 0 Å². The number of carbonyl (C=O) groups excluding carboxylic acids is 1. The summed E-state index contributed by atoms with van der Waals surface area (Å²) in [7, 11) is 0. The summed E-state index contributed by atoms with van der Waals surface area (Å²) in [5, 5.41) is 12.8. The minimum atomic E-state index is -0.160. The van der Waals surface area contributed by atoms with E-state index in [1.807, 2.05) is 6.92 Å². The minimum absolute atomic E-state index is 0.00947. The second-order valence-corrected chi connectivity index (χ2v) is 4.54. The van der Waals surface area contributed by atoms with Gasteiger partial charge in [-0.2, -0.15) is 0 Å². The Bertz CT molecular complexity index is 557. The summed E-state index contributed by atoms with van der Waals surface area (Å²) in [5.74, 6) is -0.151. The van der Waals surface area contributed by atoms with Crippen molar-refractivity contribution >= 4 is 40.9 Å². The number of aromatic hydroxyl groups is 1. The van der Waals surface area contributed by atoms with Gasteiger partial charge in [0.05, 0.1) is 5.02 Å². The fraction of sp³-hybridized carbons (Fsp3) is 0.167. The highest BCUT2D eigenvalue weighted by molar-refractivity contribution is 7.80. The van der Waals surface area contributed by atoms with Crippen molar-refractivity contribution in [3.05, 3.63) is 34.5 Å². The van der Waals surface area contributed by atoms with Gasteiger partial charge < -0.3 is 10.4 Å². The van der Waals surface area contributed by atoms with Gasteiger partial charge in [-0.05, 0) is 42.9 Å². The molecule has 0 atom stereocenters. The van der Waals surface area contributed by atoms with E-state index in [9.17, 15) is 9.90 Å². The standard InChI is InChI=1S/C12H11ClN2O2S/c1-2-15-11(17)9(14-12(15)18)6-7-3-4-10(16)8(13)5-7/h3-6,16H,2H2,1H3,(H,14,18)/b9-6+. The molecule has 4 nitrogen and oxygen atoms in total. The van der Waals surface area contributed by atoms with E-state index in [4.69, 9.17) is 23.8 Å². The number of nitrogens with one attached hydrogen (secondary N) is 1. The molecule has 0 bridgehead atoms. The first-order chi connectivity index (χ1) is 8.52. The molecule has 0 spiro atoms. The molecular weight excluding hydrogens is 272 g/mol. The Hall–Kier alpha value is -1.59. The summed E-state index contributed by atoms with van der Waals surface area (Å²) in [6.45, 7) is 2.38. The lowest BCUT2D eigenvalue weighted by atomic mass is 10.2. The predicted molar refractivity (Wildman–Crippen MR) is 74.2 cm³/mol. The summed E-state index contributed by atoms with van der Waals surface area (Å²) in [4.78, 5) is 13.4. The molecular formula is C12H11ClN2O2S. The Morgan fingerprint density at radius 3 is 2.83 bits per heavy atom. The summed E-state index contributed by atoms with van der Waals surface area (Å²) >= 11 is 10.8. The molecule has 2 rings (SSSR count). The molecule has 0 radical (unpaired) electrons. The number of thiocarbonyl (C=S) groups is 1. The Labute approximate surface area is 115 Å². The number of rotatable bonds is 2. The number of phenolic OH excluding ortho intramolecular Hbond substituents is 1. The lowest BCUT2D eigenvalue weighted by Gasteiger charge is -2.08. The number of nitrogens with zero attached hydrogens (tertiary/aromatic N) is 1. The smallest absolute Gasteiger partial charge is 0.276 e. The van der Waals surface area contributed by atoms with Crippen molar-refractivity contribution in [2.45, 2.75) is 6.92 Å². The Kier molecular flexibility index (Phi) is 3.54. The third kappa shape index (κ3) is 2.32. The largest absolute Gasteiger partial charge is 0.506 e. The maximum Gasteiger partial charge on any atom is 0.276 e. The highest BCUT2D eigenvalue weighted by atomic mass is 35.5. The number of halogens is 1. The SMILES string of the molecule is CCN1C(=O)/C(=C\c2ccc(O)c(Cl)c2)NC1=S. The molecule has 1 aromatic carbocycles. The molecule has 1 aliphatic rings. The summed E-state index contributed by atoms with van der Waals surface area (Å²) < 4.78 is 0. The Morgan fingerprint density at radius 2 is 2.28 bits per heavy atom. The lowest BCUT2D eigenvalue weighted by Crippen LogP contribution is -2.30. The van der Waals surface area contributed by atoms with Crippen molar-refractivity contribution in [1.82, 2.24) is 10.2 Å². The van der Waals surface area contributed by atoms with Gasteiger partial charge in [0, 0.05) is 6.54 Å². The van der Waals surface area contributed by atoms with Gasteiger partial charge in [-0.15, -0.1) is 0 Å². The highest BCUT2D eigenvalue weighted by Crippen LogP contribution is 2.25. The third-order valence-corrected chi connectivity index (χ3v) is 3.19. The number of phenols is 1. The number of benzene rings is 1. The first-order valence-electron chi connectivity index (χ1n) is 5.36. The van der Waals surface area contributed by atoms with Crippen LogP contribution in [0.3, 0.4) is 0 Å². The van der Waals surface area contributed by atoms with Crippen LogP contribution in [0.2, 0.25) is 5.02 Å². The van der Waals surface area contributed by atoms with Crippen molar-refractivity contribution < 1.29 is 9.90 Å². The Balaban J connectivity index is 2.32. The molecule has 0 unspecified atom stereocenters. The van der Waals surface area contributed by atoms with Crippen LogP contribution < -0.4 is 5.32 Å². The molecule has 6 heteroatoms. The molecule has 0 saturated carbocycles. The number of carbonyl (C=O) groups is 1. The average molecular weight is 283 g/mol. The maximum absolute atomic E-state index is 11.9. The molecule has 0 aliphatic carbocycles. The summed E-state index contributed by atoms with van der Waals surface area (Å²) in [6.07, 6.45) is 1.65. The second kappa shape index (κ2) is 4.96. The summed E-state index contributed by atoms with van der Waals surface area (Å²) in [5.41, 5.74) is 1.12. The van der Waals surface area contributed by atoms with Gasteiger partial charge in [-0.3, -0.25) is 9.69 Å². The molecule has 18 heavy (non-hydrogen) atoms. The summed E-state index contributed by atoms with van der Waals surface area (Å²) in [6, 6.07) is 4.72. The van der Waals surface area contributed by atoms with Crippen molar-refractivity contribution in [2.75, 3.05) is 6.54 Å². The molecule has 1 amide bonds. The monoisotopic (exact) mass is 282 g/mol. The van der Waals surface area contributed by atoms with E-state index < -0.39 is 0 Å². The quantitative estimate of drug-likeness (QED) is 0.644. The number of hydrogen-bond acceptors (Lipinski definition) is 3. The predicted octanol–water partition coefficient (Wildman–Crippen LogP) is 2.12. The second-order valence-electron chi connectivity index (χ2n) is 3.75. The fourth-order valence-corrected chi connectivity index (χ4v) is 2.15. The van der Waals surface area contributed by atoms with Crippen molar-refractivity contribution in [3.8, 4) is 5.75 Å². The van der Waals surface area contributed by atoms with Gasteiger partial charge in [0.15, 0.2) is 5.11 Å². The van der Waals surface area contributed by atoms with E-state index in [0.717, 1.165) is 5.56 Å². The molecule has 1 fully saturated rings. The van der Waals surface area contributed by atoms with E-state index in [1.165, 1.54) is 11.0 Å². The lowest BCUT2D eigenvalue weighted by molar-refractivity contribution is -0.122. The topological polar surface area (TPSA) is 52.6 Å². The van der Waals surface area contributed by atoms with Crippen LogP contribution in [0.25, 0.3) is 6.08 Å². The molecule has 1 heterocycles. The van der Waals surface area contributed by atoms with Crippen molar-refractivity contribution in [1.29, 1.82) is 0 Å². The van der Waals surface area contributed by atoms with Crippen LogP contribution in [-0.4, -0.2) is 27.6 Å². The van der Waals surface area contributed by atoms with E-state index >= 15 is 0 Å². The van der Waals surface area contributed by atoms with Crippen LogP contribution in [0.1, 0.15) is 12.5 Å². The zero-order chi connectivity index (χ0) is 13.3. The first-order valence-corrected chi connectivity index (χ1v) is 6.14. The molecule has 1 aliphatic heterocycles.